The van der Waals surface area contributed by atoms with Crippen LogP contribution >= 0.6 is 11.6 Å². The van der Waals surface area contributed by atoms with Crippen molar-refractivity contribution in [1.82, 2.24) is 0 Å². The van der Waals surface area contributed by atoms with Crippen molar-refractivity contribution in [2.75, 3.05) is 7.11 Å². The average molecular weight is 277 g/mol. The fraction of sp³-hybridized carbons (Fsp3) is 0.250. The third-order valence-electron chi connectivity index (χ3n) is 3.43. The lowest BCUT2D eigenvalue weighted by molar-refractivity contribution is 0.219. The predicted molar refractivity (Wildman–Crippen MR) is 78.0 cm³/mol. The van der Waals surface area contributed by atoms with E-state index in [0.29, 0.717) is 10.8 Å². The quantitative estimate of drug-likeness (QED) is 0.916. The van der Waals surface area contributed by atoms with Crippen LogP contribution in [0.2, 0.25) is 5.02 Å². The first-order chi connectivity index (χ1) is 9.04. The van der Waals surface area contributed by atoms with Gasteiger partial charge in [-0.2, -0.15) is 0 Å². The first-order valence-corrected chi connectivity index (χ1v) is 6.50. The van der Waals surface area contributed by atoms with Gasteiger partial charge in [0.05, 0.1) is 12.1 Å². The fourth-order valence-electron chi connectivity index (χ4n) is 2.10. The maximum absolute atomic E-state index is 10.5. The van der Waals surface area contributed by atoms with Crippen molar-refractivity contribution < 1.29 is 9.84 Å². The second kappa shape index (κ2) is 5.64. The van der Waals surface area contributed by atoms with Gasteiger partial charge in [-0.25, -0.2) is 0 Å². The van der Waals surface area contributed by atoms with Gasteiger partial charge in [0.1, 0.15) is 11.9 Å². The van der Waals surface area contributed by atoms with Crippen molar-refractivity contribution in [2.24, 2.45) is 0 Å². The van der Waals surface area contributed by atoms with E-state index in [-0.39, 0.29) is 0 Å². The number of benzene rings is 2. The van der Waals surface area contributed by atoms with E-state index < -0.39 is 6.10 Å². The van der Waals surface area contributed by atoms with Crippen LogP contribution in [0.4, 0.5) is 0 Å². The summed E-state index contributed by atoms with van der Waals surface area (Å²) < 4.78 is 5.18. The number of aryl methyl sites for hydroxylation is 1. The van der Waals surface area contributed by atoms with Crippen LogP contribution in [0.3, 0.4) is 0 Å². The molecule has 19 heavy (non-hydrogen) atoms. The molecule has 0 bridgehead atoms. The summed E-state index contributed by atoms with van der Waals surface area (Å²) in [5.41, 5.74) is 3.95. The Hall–Kier alpha value is -1.51. The van der Waals surface area contributed by atoms with Gasteiger partial charge in [-0.1, -0.05) is 35.9 Å². The van der Waals surface area contributed by atoms with Gasteiger partial charge in [-0.15, -0.1) is 0 Å². The lowest BCUT2D eigenvalue weighted by atomic mass is 9.95. The largest absolute Gasteiger partial charge is 0.495 e. The molecule has 0 heterocycles. The molecule has 0 aliphatic rings. The van der Waals surface area contributed by atoms with Gasteiger partial charge < -0.3 is 9.84 Å². The number of aliphatic hydroxyl groups is 1. The van der Waals surface area contributed by atoms with Crippen LogP contribution in [0.15, 0.2) is 36.4 Å². The van der Waals surface area contributed by atoms with Gasteiger partial charge in [0.25, 0.3) is 0 Å². The molecule has 0 fully saturated rings. The summed E-state index contributed by atoms with van der Waals surface area (Å²) in [6.45, 7) is 4.05. The highest BCUT2D eigenvalue weighted by molar-refractivity contribution is 6.32. The summed E-state index contributed by atoms with van der Waals surface area (Å²) >= 11 is 6.00. The Bertz CT molecular complexity index is 593. The third-order valence-corrected chi connectivity index (χ3v) is 3.74. The highest BCUT2D eigenvalue weighted by Gasteiger charge is 2.15. The molecule has 3 heteroatoms. The van der Waals surface area contributed by atoms with Crippen LogP contribution in [0.25, 0.3) is 0 Å². The molecule has 0 spiro atoms. The Morgan fingerprint density at radius 3 is 2.58 bits per heavy atom. The summed E-state index contributed by atoms with van der Waals surface area (Å²) in [4.78, 5) is 0. The molecule has 2 rings (SSSR count). The molecule has 0 saturated carbocycles. The van der Waals surface area contributed by atoms with Crippen molar-refractivity contribution in [1.29, 1.82) is 0 Å². The molecule has 2 aromatic carbocycles. The van der Waals surface area contributed by atoms with E-state index in [1.54, 1.807) is 19.2 Å². The SMILES string of the molecule is COc1cc(C(O)c2cccc(C)c2C)ccc1Cl. The van der Waals surface area contributed by atoms with Gasteiger partial charge in [-0.3, -0.25) is 0 Å². The molecule has 0 aromatic heterocycles. The molecule has 0 aliphatic heterocycles. The lowest BCUT2D eigenvalue weighted by Gasteiger charge is -2.16. The number of hydrogen-bond donors (Lipinski definition) is 1. The van der Waals surface area contributed by atoms with E-state index in [0.717, 1.165) is 22.3 Å². The second-order valence-corrected chi connectivity index (χ2v) is 4.99. The maximum atomic E-state index is 10.5. The zero-order valence-corrected chi connectivity index (χ0v) is 12.0. The lowest BCUT2D eigenvalue weighted by Crippen LogP contribution is -2.03. The first-order valence-electron chi connectivity index (χ1n) is 6.12. The predicted octanol–water partition coefficient (Wildman–Crippen LogP) is 4.05. The molecule has 0 amide bonds. The van der Waals surface area contributed by atoms with Crippen LogP contribution in [-0.4, -0.2) is 12.2 Å². The minimum atomic E-state index is -0.675. The normalized spacial score (nSPS) is 12.3. The van der Waals surface area contributed by atoms with E-state index in [4.69, 9.17) is 16.3 Å². The van der Waals surface area contributed by atoms with Gasteiger partial charge >= 0.3 is 0 Å². The number of hydrogen-bond acceptors (Lipinski definition) is 2. The number of rotatable bonds is 3. The zero-order valence-electron chi connectivity index (χ0n) is 11.3. The third kappa shape index (κ3) is 2.75. The second-order valence-electron chi connectivity index (χ2n) is 4.59. The van der Waals surface area contributed by atoms with Gasteiger partial charge in [0, 0.05) is 0 Å². The van der Waals surface area contributed by atoms with Gasteiger partial charge in [0.2, 0.25) is 0 Å². The van der Waals surface area contributed by atoms with Gasteiger partial charge in [-0.05, 0) is 48.2 Å². The number of methoxy groups -OCH3 is 1. The minimum absolute atomic E-state index is 0.541. The number of ether oxygens (including phenoxy) is 1. The van der Waals surface area contributed by atoms with Crippen molar-refractivity contribution >= 4 is 11.6 Å². The molecule has 100 valence electrons. The monoisotopic (exact) mass is 276 g/mol. The summed E-state index contributed by atoms with van der Waals surface area (Å²) in [7, 11) is 1.56. The molecule has 2 aromatic rings. The zero-order chi connectivity index (χ0) is 14.0. The van der Waals surface area contributed by atoms with E-state index >= 15 is 0 Å². The summed E-state index contributed by atoms with van der Waals surface area (Å²) in [5, 5.41) is 11.1. The Labute approximate surface area is 118 Å². The smallest absolute Gasteiger partial charge is 0.137 e. The van der Waals surface area contributed by atoms with Crippen LogP contribution in [0, 0.1) is 13.8 Å². The molecule has 1 unspecified atom stereocenters. The highest BCUT2D eigenvalue weighted by atomic mass is 35.5. The summed E-state index contributed by atoms with van der Waals surface area (Å²) in [5.74, 6) is 0.573. The van der Waals surface area contributed by atoms with E-state index in [2.05, 4.69) is 0 Å². The van der Waals surface area contributed by atoms with Crippen LogP contribution in [-0.2, 0) is 0 Å². The Kier molecular flexibility index (Phi) is 4.13. The number of halogens is 1. The van der Waals surface area contributed by atoms with Crippen molar-refractivity contribution in [3.8, 4) is 5.75 Å². The van der Waals surface area contributed by atoms with E-state index in [9.17, 15) is 5.11 Å². The molecule has 2 nitrogen and oxygen atoms in total. The summed E-state index contributed by atoms with van der Waals surface area (Å²) in [6.07, 6.45) is -0.675. The van der Waals surface area contributed by atoms with Crippen molar-refractivity contribution in [3.63, 3.8) is 0 Å². The van der Waals surface area contributed by atoms with Crippen molar-refractivity contribution in [3.05, 3.63) is 63.7 Å². The fourth-order valence-corrected chi connectivity index (χ4v) is 2.29. The minimum Gasteiger partial charge on any atom is -0.495 e. The number of aliphatic hydroxyl groups excluding tert-OH is 1. The van der Waals surface area contributed by atoms with Gasteiger partial charge in [0.15, 0.2) is 0 Å². The first kappa shape index (κ1) is 13.9. The Morgan fingerprint density at radius 2 is 1.89 bits per heavy atom. The van der Waals surface area contributed by atoms with E-state index in [1.165, 1.54) is 0 Å². The molecule has 0 radical (unpaired) electrons. The van der Waals surface area contributed by atoms with E-state index in [1.807, 2.05) is 38.1 Å². The topological polar surface area (TPSA) is 29.5 Å². The maximum Gasteiger partial charge on any atom is 0.137 e. The van der Waals surface area contributed by atoms with Crippen molar-refractivity contribution in [2.45, 2.75) is 20.0 Å². The highest BCUT2D eigenvalue weighted by Crippen LogP contribution is 2.32. The molecule has 1 N–H and O–H groups in total. The molecular formula is C16H17ClO2. The molecule has 1 atom stereocenters. The van der Waals surface area contributed by atoms with Crippen LogP contribution in [0.1, 0.15) is 28.4 Å². The Balaban J connectivity index is 2.44. The van der Waals surface area contributed by atoms with Crippen LogP contribution < -0.4 is 4.74 Å². The Morgan fingerprint density at radius 1 is 1.16 bits per heavy atom. The molecular weight excluding hydrogens is 260 g/mol. The van der Waals surface area contributed by atoms with Crippen LogP contribution in [0.5, 0.6) is 5.75 Å². The standard InChI is InChI=1S/C16H17ClO2/c1-10-5-4-6-13(11(10)2)16(18)12-7-8-14(17)15(9-12)19-3/h4-9,16,18H,1-3H3. The molecule has 0 aliphatic carbocycles. The molecule has 0 saturated heterocycles. The average Bonchev–Trinajstić information content (AvgIpc) is 2.41. The summed E-state index contributed by atoms with van der Waals surface area (Å²) in [6, 6.07) is 11.3.